The summed E-state index contributed by atoms with van der Waals surface area (Å²) in [6, 6.07) is 7.79. The predicted molar refractivity (Wildman–Crippen MR) is 80.3 cm³/mol. The molecule has 2 N–H and O–H groups in total. The van der Waals surface area contributed by atoms with E-state index in [0.717, 1.165) is 10.5 Å². The zero-order chi connectivity index (χ0) is 14.8. The molecule has 0 radical (unpaired) electrons. The zero-order valence-electron chi connectivity index (χ0n) is 11.6. The van der Waals surface area contributed by atoms with Gasteiger partial charge in [-0.05, 0) is 37.8 Å². The third kappa shape index (κ3) is 3.23. The molecule has 0 aliphatic rings. The first-order valence-corrected chi connectivity index (χ1v) is 8.79. The molecular weight excluding hydrogens is 294 g/mol. The number of H-pyrrole nitrogens is 1. The van der Waals surface area contributed by atoms with Crippen molar-refractivity contribution in [2.24, 2.45) is 0 Å². The molecule has 0 aliphatic heterocycles. The van der Waals surface area contributed by atoms with E-state index in [1.54, 1.807) is 25.6 Å². The molecule has 0 fully saturated rings. The van der Waals surface area contributed by atoms with Crippen LogP contribution in [0.15, 0.2) is 34.1 Å². The monoisotopic (exact) mass is 311 g/mol. The minimum Gasteiger partial charge on any atom is -0.281 e. The van der Waals surface area contributed by atoms with Crippen LogP contribution in [0.2, 0.25) is 0 Å². The minimum atomic E-state index is -3.54. The molecule has 0 saturated heterocycles. The number of hydrogen-bond acceptors (Lipinski definition) is 4. The summed E-state index contributed by atoms with van der Waals surface area (Å²) in [6.07, 6.45) is 2.00. The molecule has 1 aromatic heterocycles. The Hall–Kier alpha value is -1.31. The van der Waals surface area contributed by atoms with Gasteiger partial charge in [0.2, 0.25) is 10.0 Å². The molecule has 0 atom stereocenters. The van der Waals surface area contributed by atoms with Crippen molar-refractivity contribution in [3.8, 4) is 0 Å². The van der Waals surface area contributed by atoms with E-state index in [1.807, 2.05) is 30.5 Å². The predicted octanol–water partition coefficient (Wildman–Crippen LogP) is 2.23. The van der Waals surface area contributed by atoms with Gasteiger partial charge in [0.05, 0.1) is 11.4 Å². The normalized spacial score (nSPS) is 11.8. The fourth-order valence-corrected chi connectivity index (χ4v) is 3.72. The molecule has 1 heterocycles. The summed E-state index contributed by atoms with van der Waals surface area (Å²) in [5.74, 6) is 0. The molecule has 0 amide bonds. The van der Waals surface area contributed by atoms with Crippen LogP contribution in [0.1, 0.15) is 17.0 Å². The first-order chi connectivity index (χ1) is 9.44. The number of thioether (sulfide) groups is 1. The molecule has 0 saturated carbocycles. The molecule has 0 aliphatic carbocycles. The number of rotatable bonds is 5. The van der Waals surface area contributed by atoms with Crippen LogP contribution in [-0.2, 0) is 16.6 Å². The van der Waals surface area contributed by atoms with E-state index in [0.29, 0.717) is 11.4 Å². The summed E-state index contributed by atoms with van der Waals surface area (Å²) in [6.45, 7) is 3.63. The van der Waals surface area contributed by atoms with E-state index < -0.39 is 10.0 Å². The van der Waals surface area contributed by atoms with Gasteiger partial charge in [-0.3, -0.25) is 5.10 Å². The standard InChI is InChI=1S/C13H17N3O2S2/c1-9-13(10(2)16-15-9)20(17,18)14-8-11-4-6-12(19-3)7-5-11/h4-7,14H,8H2,1-3H3,(H,15,16). The Morgan fingerprint density at radius 1 is 1.25 bits per heavy atom. The largest absolute Gasteiger partial charge is 0.281 e. The van der Waals surface area contributed by atoms with Gasteiger partial charge in [0.25, 0.3) is 0 Å². The number of aryl methyl sites for hydroxylation is 2. The number of nitrogens with zero attached hydrogens (tertiary/aromatic N) is 1. The summed E-state index contributed by atoms with van der Waals surface area (Å²) < 4.78 is 27.1. The summed E-state index contributed by atoms with van der Waals surface area (Å²) in [5, 5.41) is 6.60. The van der Waals surface area contributed by atoms with Gasteiger partial charge in [0, 0.05) is 11.4 Å². The van der Waals surface area contributed by atoms with Gasteiger partial charge in [0.1, 0.15) is 4.90 Å². The third-order valence-electron chi connectivity index (χ3n) is 2.95. The second-order valence-corrected chi connectivity index (χ2v) is 7.02. The second kappa shape index (κ2) is 5.99. The van der Waals surface area contributed by atoms with Gasteiger partial charge in [-0.25, -0.2) is 13.1 Å². The van der Waals surface area contributed by atoms with Gasteiger partial charge in [-0.1, -0.05) is 12.1 Å². The lowest BCUT2D eigenvalue weighted by atomic mass is 10.2. The molecule has 20 heavy (non-hydrogen) atoms. The first kappa shape index (κ1) is 15.1. The van der Waals surface area contributed by atoms with Gasteiger partial charge in [0.15, 0.2) is 0 Å². The van der Waals surface area contributed by atoms with Crippen molar-refractivity contribution >= 4 is 21.8 Å². The number of aromatic nitrogens is 2. The molecule has 5 nitrogen and oxygen atoms in total. The number of nitrogens with one attached hydrogen (secondary N) is 2. The van der Waals surface area contributed by atoms with E-state index in [1.165, 1.54) is 0 Å². The molecule has 0 bridgehead atoms. The van der Waals surface area contributed by atoms with Gasteiger partial charge in [-0.15, -0.1) is 11.8 Å². The van der Waals surface area contributed by atoms with Crippen molar-refractivity contribution in [2.75, 3.05) is 6.26 Å². The molecule has 2 aromatic rings. The van der Waals surface area contributed by atoms with Crippen LogP contribution in [0.25, 0.3) is 0 Å². The van der Waals surface area contributed by atoms with Crippen molar-refractivity contribution in [1.82, 2.24) is 14.9 Å². The van der Waals surface area contributed by atoms with E-state index in [4.69, 9.17) is 0 Å². The lowest BCUT2D eigenvalue weighted by molar-refractivity contribution is 0.580. The summed E-state index contributed by atoms with van der Waals surface area (Å²) >= 11 is 1.65. The Morgan fingerprint density at radius 3 is 2.40 bits per heavy atom. The van der Waals surface area contributed by atoms with E-state index in [2.05, 4.69) is 14.9 Å². The van der Waals surface area contributed by atoms with Crippen LogP contribution < -0.4 is 4.72 Å². The maximum Gasteiger partial charge on any atom is 0.244 e. The van der Waals surface area contributed by atoms with Crippen LogP contribution >= 0.6 is 11.8 Å². The fourth-order valence-electron chi connectivity index (χ4n) is 1.93. The van der Waals surface area contributed by atoms with Crippen molar-refractivity contribution in [2.45, 2.75) is 30.2 Å². The molecule has 1 aromatic carbocycles. The fraction of sp³-hybridized carbons (Fsp3) is 0.308. The number of aromatic amines is 1. The smallest absolute Gasteiger partial charge is 0.244 e. The Morgan fingerprint density at radius 2 is 1.90 bits per heavy atom. The van der Waals surface area contributed by atoms with Gasteiger partial charge < -0.3 is 0 Å². The Bertz CT molecular complexity index is 671. The summed E-state index contributed by atoms with van der Waals surface area (Å²) in [5.41, 5.74) is 1.95. The molecule has 7 heteroatoms. The van der Waals surface area contributed by atoms with Gasteiger partial charge >= 0.3 is 0 Å². The lowest BCUT2D eigenvalue weighted by Gasteiger charge is -2.07. The maximum absolute atomic E-state index is 12.3. The van der Waals surface area contributed by atoms with Crippen molar-refractivity contribution in [1.29, 1.82) is 0 Å². The number of benzene rings is 1. The summed E-state index contributed by atoms with van der Waals surface area (Å²) in [4.78, 5) is 1.39. The molecule has 2 rings (SSSR count). The van der Waals surface area contributed by atoms with E-state index in [-0.39, 0.29) is 11.4 Å². The van der Waals surface area contributed by atoms with Gasteiger partial charge in [-0.2, -0.15) is 5.10 Å². The van der Waals surface area contributed by atoms with Crippen LogP contribution in [-0.4, -0.2) is 24.9 Å². The number of hydrogen-bond donors (Lipinski definition) is 2. The second-order valence-electron chi connectivity index (χ2n) is 4.44. The van der Waals surface area contributed by atoms with Crippen molar-refractivity contribution in [3.05, 3.63) is 41.2 Å². The third-order valence-corrected chi connectivity index (χ3v) is 5.36. The first-order valence-electron chi connectivity index (χ1n) is 6.08. The highest BCUT2D eigenvalue weighted by Crippen LogP contribution is 2.18. The van der Waals surface area contributed by atoms with Crippen LogP contribution in [0.4, 0.5) is 0 Å². The molecule has 108 valence electrons. The zero-order valence-corrected chi connectivity index (χ0v) is 13.2. The van der Waals surface area contributed by atoms with Crippen LogP contribution in [0.3, 0.4) is 0 Å². The minimum absolute atomic E-state index is 0.234. The van der Waals surface area contributed by atoms with Crippen LogP contribution in [0, 0.1) is 13.8 Å². The molecule has 0 unspecified atom stereocenters. The van der Waals surface area contributed by atoms with Crippen molar-refractivity contribution < 1.29 is 8.42 Å². The van der Waals surface area contributed by atoms with Crippen molar-refractivity contribution in [3.63, 3.8) is 0 Å². The van der Waals surface area contributed by atoms with Crippen LogP contribution in [0.5, 0.6) is 0 Å². The molecule has 0 spiro atoms. The Balaban J connectivity index is 2.13. The lowest BCUT2D eigenvalue weighted by Crippen LogP contribution is -2.24. The number of sulfonamides is 1. The SMILES string of the molecule is CSc1ccc(CNS(=O)(=O)c2c(C)n[nH]c2C)cc1. The highest BCUT2D eigenvalue weighted by Gasteiger charge is 2.21. The van der Waals surface area contributed by atoms with E-state index in [9.17, 15) is 8.42 Å². The summed E-state index contributed by atoms with van der Waals surface area (Å²) in [7, 11) is -3.54. The van der Waals surface area contributed by atoms with E-state index >= 15 is 0 Å². The topological polar surface area (TPSA) is 74.8 Å². The Labute approximate surface area is 123 Å². The Kier molecular flexibility index (Phi) is 4.52. The average molecular weight is 311 g/mol. The highest BCUT2D eigenvalue weighted by molar-refractivity contribution is 7.98. The molecular formula is C13H17N3O2S2. The average Bonchev–Trinajstić information content (AvgIpc) is 2.77. The maximum atomic E-state index is 12.3. The quantitative estimate of drug-likeness (QED) is 0.830. The highest BCUT2D eigenvalue weighted by atomic mass is 32.2.